The molecular formula is C25H28ClF2N3O3. The van der Waals surface area contributed by atoms with Crippen LogP contribution in [0.2, 0.25) is 5.02 Å². The van der Waals surface area contributed by atoms with Crippen molar-refractivity contribution in [3.63, 3.8) is 0 Å². The van der Waals surface area contributed by atoms with E-state index in [1.54, 1.807) is 35.2 Å². The summed E-state index contributed by atoms with van der Waals surface area (Å²) in [6.45, 7) is 4.34. The molecule has 1 amide bonds. The molecule has 0 radical (unpaired) electrons. The highest BCUT2D eigenvalue weighted by atomic mass is 35.5. The van der Waals surface area contributed by atoms with Gasteiger partial charge in [-0.2, -0.15) is 0 Å². The molecular weight excluding hydrogens is 464 g/mol. The third-order valence-electron chi connectivity index (χ3n) is 6.55. The van der Waals surface area contributed by atoms with E-state index in [1.165, 1.54) is 12.1 Å². The smallest absolute Gasteiger partial charge is 0.268 e. The van der Waals surface area contributed by atoms with Crippen LogP contribution in [0.3, 0.4) is 0 Å². The van der Waals surface area contributed by atoms with Crippen LogP contribution in [0.1, 0.15) is 50.3 Å². The molecule has 1 fully saturated rings. The second-order valence-corrected chi connectivity index (χ2v) is 9.49. The van der Waals surface area contributed by atoms with E-state index in [0.717, 1.165) is 0 Å². The number of nitrogens with two attached hydrogens (primary N) is 1. The van der Waals surface area contributed by atoms with E-state index in [4.69, 9.17) is 27.1 Å². The van der Waals surface area contributed by atoms with E-state index in [2.05, 4.69) is 0 Å². The molecule has 34 heavy (non-hydrogen) atoms. The lowest BCUT2D eigenvalue weighted by Crippen LogP contribution is -2.56. The Hall–Kier alpha value is -2.55. The topological polar surface area (TPSA) is 88.2 Å². The van der Waals surface area contributed by atoms with E-state index in [0.29, 0.717) is 41.2 Å². The summed E-state index contributed by atoms with van der Waals surface area (Å²) in [6.07, 6.45) is -3.28. The van der Waals surface area contributed by atoms with Gasteiger partial charge in [-0.05, 0) is 49.4 Å². The largest absolute Gasteiger partial charge is 0.382 e. The van der Waals surface area contributed by atoms with Gasteiger partial charge in [0.25, 0.3) is 6.43 Å². The number of aliphatic hydroxyl groups is 1. The van der Waals surface area contributed by atoms with Gasteiger partial charge in [-0.3, -0.25) is 9.69 Å². The first-order valence-corrected chi connectivity index (χ1v) is 11.6. The molecule has 0 bridgehead atoms. The molecule has 2 aromatic carbocycles. The number of hydrogen-bond donors (Lipinski definition) is 2. The van der Waals surface area contributed by atoms with Crippen LogP contribution in [0, 0.1) is 0 Å². The van der Waals surface area contributed by atoms with Gasteiger partial charge in [0.05, 0.1) is 23.1 Å². The van der Waals surface area contributed by atoms with E-state index in [9.17, 15) is 18.7 Å². The molecule has 0 aliphatic carbocycles. The van der Waals surface area contributed by atoms with Crippen molar-refractivity contribution in [1.82, 2.24) is 4.90 Å². The van der Waals surface area contributed by atoms with Crippen molar-refractivity contribution in [1.29, 1.82) is 0 Å². The molecule has 182 valence electrons. The maximum Gasteiger partial charge on any atom is 0.268 e. The number of carbonyl (C=O) groups excluding carboxylic acids is 1. The molecule has 4 atom stereocenters. The van der Waals surface area contributed by atoms with Crippen LogP contribution in [0.5, 0.6) is 0 Å². The number of carbonyl (C=O) groups is 1. The molecule has 2 aliphatic heterocycles. The zero-order valence-corrected chi connectivity index (χ0v) is 19.8. The normalized spacial score (nSPS) is 26.5. The van der Waals surface area contributed by atoms with Crippen LogP contribution in [-0.4, -0.2) is 47.1 Å². The Morgan fingerprint density at radius 1 is 1.29 bits per heavy atom. The summed E-state index contributed by atoms with van der Waals surface area (Å²) in [5.74, 6) is 0.0268. The minimum atomic E-state index is -2.90. The van der Waals surface area contributed by atoms with E-state index < -0.39 is 18.1 Å². The number of halogens is 3. The summed E-state index contributed by atoms with van der Waals surface area (Å²) < 4.78 is 31.6. The van der Waals surface area contributed by atoms with Crippen molar-refractivity contribution in [3.8, 4) is 11.1 Å². The SMILES string of the molecule is C[C@H]1C[C@@H](N2C(=O)C[C@@](C)(c3cccc(-c4cccc([C@@H](O)C(F)F)c4)c3Cl)N=C2N)CCO1. The Morgan fingerprint density at radius 3 is 2.71 bits per heavy atom. The number of rotatable bonds is 5. The molecule has 2 heterocycles. The second-order valence-electron chi connectivity index (χ2n) is 9.12. The summed E-state index contributed by atoms with van der Waals surface area (Å²) >= 11 is 6.80. The van der Waals surface area contributed by atoms with Crippen molar-refractivity contribution in [2.45, 2.75) is 63.3 Å². The molecule has 0 aromatic heterocycles. The summed E-state index contributed by atoms with van der Waals surface area (Å²) in [5, 5.41) is 10.1. The first kappa shape index (κ1) is 24.6. The predicted octanol–water partition coefficient (Wildman–Crippen LogP) is 4.64. The third kappa shape index (κ3) is 4.67. The summed E-state index contributed by atoms with van der Waals surface area (Å²) in [5.41, 5.74) is 7.20. The highest BCUT2D eigenvalue weighted by Gasteiger charge is 2.42. The fourth-order valence-electron chi connectivity index (χ4n) is 4.82. The van der Waals surface area contributed by atoms with Gasteiger partial charge in [0.1, 0.15) is 6.10 Å². The Bertz CT molecular complexity index is 1110. The highest BCUT2D eigenvalue weighted by molar-refractivity contribution is 6.34. The van der Waals surface area contributed by atoms with E-state index >= 15 is 0 Å². The van der Waals surface area contributed by atoms with Crippen molar-refractivity contribution >= 4 is 23.5 Å². The molecule has 0 spiro atoms. The molecule has 3 N–H and O–H groups in total. The number of hydrogen-bond acceptors (Lipinski definition) is 5. The van der Waals surface area contributed by atoms with Gasteiger partial charge in [0.2, 0.25) is 5.91 Å². The van der Waals surface area contributed by atoms with Gasteiger partial charge in [-0.1, -0.05) is 48.0 Å². The quantitative estimate of drug-likeness (QED) is 0.638. The van der Waals surface area contributed by atoms with Gasteiger partial charge in [0.15, 0.2) is 5.96 Å². The van der Waals surface area contributed by atoms with Crippen molar-refractivity contribution in [2.75, 3.05) is 6.61 Å². The fourth-order valence-corrected chi connectivity index (χ4v) is 5.25. The Kier molecular flexibility index (Phi) is 6.94. The minimum Gasteiger partial charge on any atom is -0.382 e. The number of benzene rings is 2. The molecule has 2 aliphatic rings. The maximum absolute atomic E-state index is 13.2. The number of nitrogens with zero attached hydrogens (tertiary/aromatic N) is 2. The third-order valence-corrected chi connectivity index (χ3v) is 6.96. The average Bonchev–Trinajstić information content (AvgIpc) is 2.78. The number of guanidine groups is 1. The van der Waals surface area contributed by atoms with E-state index in [-0.39, 0.29) is 36.0 Å². The molecule has 9 heteroatoms. The number of aliphatic imine (C=N–C) groups is 1. The second kappa shape index (κ2) is 9.60. The first-order chi connectivity index (χ1) is 16.1. The van der Waals surface area contributed by atoms with Crippen molar-refractivity contribution in [3.05, 3.63) is 58.6 Å². The van der Waals surface area contributed by atoms with Crippen LogP contribution in [-0.2, 0) is 15.1 Å². The number of aliphatic hydroxyl groups excluding tert-OH is 1. The molecule has 0 saturated carbocycles. The van der Waals surface area contributed by atoms with Gasteiger partial charge in [-0.25, -0.2) is 13.8 Å². The number of amides is 1. The Morgan fingerprint density at radius 2 is 2.03 bits per heavy atom. The van der Waals surface area contributed by atoms with Gasteiger partial charge < -0.3 is 15.6 Å². The van der Waals surface area contributed by atoms with Crippen LogP contribution < -0.4 is 5.73 Å². The van der Waals surface area contributed by atoms with Crippen molar-refractivity contribution in [2.24, 2.45) is 10.7 Å². The predicted molar refractivity (Wildman–Crippen MR) is 127 cm³/mol. The van der Waals surface area contributed by atoms with Gasteiger partial charge in [0, 0.05) is 18.2 Å². The fraction of sp³-hybridized carbons (Fsp3) is 0.440. The van der Waals surface area contributed by atoms with Crippen LogP contribution >= 0.6 is 11.6 Å². The highest BCUT2D eigenvalue weighted by Crippen LogP contribution is 2.42. The van der Waals surface area contributed by atoms with Crippen LogP contribution in [0.15, 0.2) is 47.5 Å². The van der Waals surface area contributed by atoms with Crippen LogP contribution in [0.4, 0.5) is 8.78 Å². The number of ether oxygens (including phenoxy) is 1. The minimum absolute atomic E-state index is 0.0399. The molecule has 4 rings (SSSR count). The summed E-state index contributed by atoms with van der Waals surface area (Å²) in [4.78, 5) is 19.5. The van der Waals surface area contributed by atoms with Gasteiger partial charge in [-0.15, -0.1) is 0 Å². The lowest BCUT2D eigenvalue weighted by atomic mass is 9.85. The summed E-state index contributed by atoms with van der Waals surface area (Å²) in [6, 6.07) is 11.5. The van der Waals surface area contributed by atoms with E-state index in [1.807, 2.05) is 13.8 Å². The summed E-state index contributed by atoms with van der Waals surface area (Å²) in [7, 11) is 0. The molecule has 0 unspecified atom stereocenters. The Balaban J connectivity index is 1.69. The Labute approximate surface area is 202 Å². The average molecular weight is 492 g/mol. The standard InChI is InChI=1S/C25H28ClF2N3O3/c1-14-11-17(9-10-34-14)31-20(32)13-25(2,30-24(31)29)19-8-4-7-18(21(19)26)15-5-3-6-16(12-15)22(33)23(27)28/h3-8,12,14,17,22-23,33H,9-11,13H2,1-2H3,(H2,29,30)/t14-,17-,22+,25-/m0/s1. The van der Waals surface area contributed by atoms with Crippen molar-refractivity contribution < 1.29 is 23.4 Å². The molecule has 1 saturated heterocycles. The lowest BCUT2D eigenvalue weighted by Gasteiger charge is -2.41. The zero-order valence-electron chi connectivity index (χ0n) is 19.0. The maximum atomic E-state index is 13.2. The zero-order chi connectivity index (χ0) is 24.6. The van der Waals surface area contributed by atoms with Gasteiger partial charge >= 0.3 is 0 Å². The number of alkyl halides is 2. The molecule has 6 nitrogen and oxygen atoms in total. The monoisotopic (exact) mass is 491 g/mol. The lowest BCUT2D eigenvalue weighted by molar-refractivity contribution is -0.133. The first-order valence-electron chi connectivity index (χ1n) is 11.3. The molecule has 2 aromatic rings. The van der Waals surface area contributed by atoms with Crippen LogP contribution in [0.25, 0.3) is 11.1 Å².